The maximum Gasteiger partial charge on any atom is 0.490 e. The van der Waals surface area contributed by atoms with E-state index in [1.807, 2.05) is 6.92 Å². The summed E-state index contributed by atoms with van der Waals surface area (Å²) in [5, 5.41) is 7.12. The van der Waals surface area contributed by atoms with Gasteiger partial charge in [-0.1, -0.05) is 30.3 Å². The number of nitrogens with zero attached hydrogens (tertiary/aromatic N) is 2. The van der Waals surface area contributed by atoms with Gasteiger partial charge in [-0.3, -0.25) is 9.69 Å². The Morgan fingerprint density at radius 1 is 1.19 bits per heavy atom. The van der Waals surface area contributed by atoms with E-state index in [0.29, 0.717) is 18.1 Å². The highest BCUT2D eigenvalue weighted by atomic mass is 19.4. The number of alkyl halides is 3. The third kappa shape index (κ3) is 5.10. The molecule has 1 aromatic heterocycles. The average Bonchev–Trinajstić information content (AvgIpc) is 3.42. The second-order valence-electron chi connectivity index (χ2n) is 7.91. The Morgan fingerprint density at radius 3 is 2.39 bits per heavy atom. The Hall–Kier alpha value is -2.81. The topological polar surface area (TPSA) is 74.0 Å². The minimum atomic E-state index is -5.08. The molecule has 168 valence electrons. The summed E-state index contributed by atoms with van der Waals surface area (Å²) in [6.45, 7) is 2.80. The van der Waals surface area contributed by atoms with E-state index in [0.717, 1.165) is 37.1 Å². The first-order valence-electron chi connectivity index (χ1n) is 10.0. The highest BCUT2D eigenvalue weighted by molar-refractivity contribution is 5.96. The van der Waals surface area contributed by atoms with Crippen molar-refractivity contribution in [2.45, 2.75) is 57.0 Å². The first kappa shape index (κ1) is 22.9. The average molecular weight is 438 g/mol. The number of likely N-dealkylation sites (N-methyl/N-ethyl adjacent to an activating group) is 1. The second-order valence-corrected chi connectivity index (χ2v) is 7.91. The molecule has 3 heterocycles. The van der Waals surface area contributed by atoms with Crippen molar-refractivity contribution in [1.82, 2.24) is 9.80 Å². The number of carbonyl (C=O) groups is 2. The molecular weight excluding hydrogens is 413 g/mol. The zero-order valence-corrected chi connectivity index (χ0v) is 17.3. The summed E-state index contributed by atoms with van der Waals surface area (Å²) < 4.78 is 37.1. The van der Waals surface area contributed by atoms with Crippen molar-refractivity contribution in [2.24, 2.45) is 0 Å². The van der Waals surface area contributed by atoms with Crippen LogP contribution in [0, 0.1) is 6.92 Å². The molecule has 2 fully saturated rings. The van der Waals surface area contributed by atoms with Crippen LogP contribution in [0.5, 0.6) is 0 Å². The molecule has 0 aliphatic carbocycles. The number of benzene rings is 1. The van der Waals surface area contributed by atoms with E-state index in [-0.39, 0.29) is 5.91 Å². The lowest BCUT2D eigenvalue weighted by atomic mass is 9.94. The fourth-order valence-corrected chi connectivity index (χ4v) is 4.48. The van der Waals surface area contributed by atoms with Crippen molar-refractivity contribution in [1.29, 1.82) is 0 Å². The van der Waals surface area contributed by atoms with Gasteiger partial charge in [0.2, 0.25) is 0 Å². The number of halogens is 3. The van der Waals surface area contributed by atoms with Crippen LogP contribution in [-0.4, -0.2) is 58.1 Å². The van der Waals surface area contributed by atoms with Crippen LogP contribution in [0.3, 0.4) is 0 Å². The van der Waals surface area contributed by atoms with Crippen LogP contribution < -0.4 is 0 Å². The molecule has 2 aromatic rings. The van der Waals surface area contributed by atoms with Crippen LogP contribution >= 0.6 is 0 Å². The van der Waals surface area contributed by atoms with Gasteiger partial charge in [-0.2, -0.15) is 13.2 Å². The van der Waals surface area contributed by atoms with Gasteiger partial charge in [-0.25, -0.2) is 4.79 Å². The van der Waals surface area contributed by atoms with Crippen molar-refractivity contribution in [3.8, 4) is 0 Å². The van der Waals surface area contributed by atoms with Crippen LogP contribution in [0.1, 0.15) is 40.9 Å². The van der Waals surface area contributed by atoms with E-state index < -0.39 is 12.1 Å². The first-order chi connectivity index (χ1) is 14.6. The lowest BCUT2D eigenvalue weighted by molar-refractivity contribution is -0.192. The molecule has 2 aliphatic rings. The summed E-state index contributed by atoms with van der Waals surface area (Å²) in [7, 11) is 2.18. The van der Waals surface area contributed by atoms with Crippen molar-refractivity contribution < 1.29 is 32.3 Å². The Balaban J connectivity index is 0.000000339. The maximum absolute atomic E-state index is 13.0. The van der Waals surface area contributed by atoms with Crippen molar-refractivity contribution in [2.75, 3.05) is 7.05 Å². The largest absolute Gasteiger partial charge is 0.490 e. The Bertz CT molecular complexity index is 913. The second kappa shape index (κ2) is 9.13. The molecule has 1 amide bonds. The van der Waals surface area contributed by atoms with Crippen molar-refractivity contribution >= 4 is 11.9 Å². The monoisotopic (exact) mass is 438 g/mol. The summed E-state index contributed by atoms with van der Waals surface area (Å²) in [6, 6.07) is 13.5. The molecule has 2 aliphatic heterocycles. The lowest BCUT2D eigenvalue weighted by Gasteiger charge is -2.31. The molecule has 1 N–H and O–H groups in total. The third-order valence-electron chi connectivity index (χ3n) is 5.91. The minimum Gasteiger partial charge on any atom is -0.475 e. The number of fused-ring (bicyclic) bond motifs is 2. The van der Waals surface area contributed by atoms with Crippen LogP contribution in [0.25, 0.3) is 0 Å². The number of amides is 1. The number of aryl methyl sites for hydroxylation is 1. The standard InChI is InChI=1S/C20H24N2O2.C2HF3O2/c1-14-17(10-11-24-14)20(23)22-16-8-9-18(22)19(12-16)21(2)13-15-6-4-3-5-7-15;3-2(4,5)1(6)7/h3-7,10-11,16,18-19H,8-9,12-13H2,1-2H3;(H,6,7). The lowest BCUT2D eigenvalue weighted by Crippen LogP contribution is -2.43. The Labute approximate surface area is 178 Å². The normalized spacial score (nSPS) is 22.4. The predicted molar refractivity (Wildman–Crippen MR) is 106 cm³/mol. The number of hydrogen-bond acceptors (Lipinski definition) is 4. The van der Waals surface area contributed by atoms with Crippen LogP contribution in [0.4, 0.5) is 13.2 Å². The minimum absolute atomic E-state index is 0.143. The number of rotatable bonds is 4. The molecule has 3 unspecified atom stereocenters. The van der Waals surface area contributed by atoms with E-state index in [9.17, 15) is 18.0 Å². The molecule has 9 heteroatoms. The SMILES string of the molecule is Cc1occc1C(=O)N1C2CCC1C(N(C)Cc1ccccc1)C2.O=C(O)C(F)(F)F. The third-order valence-corrected chi connectivity index (χ3v) is 5.91. The van der Waals surface area contributed by atoms with Gasteiger partial charge in [-0.05, 0) is 44.9 Å². The molecule has 6 nitrogen and oxygen atoms in total. The van der Waals surface area contributed by atoms with E-state index in [1.165, 1.54) is 5.56 Å². The smallest absolute Gasteiger partial charge is 0.475 e. The van der Waals surface area contributed by atoms with Gasteiger partial charge >= 0.3 is 12.1 Å². The van der Waals surface area contributed by atoms with Gasteiger partial charge in [0, 0.05) is 24.7 Å². The summed E-state index contributed by atoms with van der Waals surface area (Å²) >= 11 is 0. The fraction of sp³-hybridized carbons (Fsp3) is 0.455. The van der Waals surface area contributed by atoms with Gasteiger partial charge in [-0.15, -0.1) is 0 Å². The number of carboxylic acid groups (broad SMARTS) is 1. The van der Waals surface area contributed by atoms with Gasteiger partial charge < -0.3 is 14.4 Å². The highest BCUT2D eigenvalue weighted by Gasteiger charge is 2.50. The number of carboxylic acids is 1. The van der Waals surface area contributed by atoms with E-state index in [4.69, 9.17) is 14.3 Å². The zero-order chi connectivity index (χ0) is 22.8. The summed E-state index contributed by atoms with van der Waals surface area (Å²) in [5.41, 5.74) is 2.05. The zero-order valence-electron chi connectivity index (χ0n) is 17.3. The number of hydrogen-bond donors (Lipinski definition) is 1. The molecule has 2 bridgehead atoms. The van der Waals surface area contributed by atoms with Gasteiger partial charge in [0.25, 0.3) is 5.91 Å². The van der Waals surface area contributed by atoms with Crippen molar-refractivity contribution in [3.63, 3.8) is 0 Å². The molecule has 1 aromatic carbocycles. The molecule has 0 spiro atoms. The van der Waals surface area contributed by atoms with Gasteiger partial charge in [0.15, 0.2) is 0 Å². The van der Waals surface area contributed by atoms with Gasteiger partial charge in [0.05, 0.1) is 11.8 Å². The molecule has 3 atom stereocenters. The maximum atomic E-state index is 13.0. The molecule has 4 rings (SSSR count). The number of aliphatic carboxylic acids is 1. The van der Waals surface area contributed by atoms with Crippen LogP contribution in [-0.2, 0) is 11.3 Å². The summed E-state index contributed by atoms with van der Waals surface area (Å²) in [5.74, 6) is -1.89. The summed E-state index contributed by atoms with van der Waals surface area (Å²) in [4.78, 5) is 26.4. The molecule has 31 heavy (non-hydrogen) atoms. The summed E-state index contributed by atoms with van der Waals surface area (Å²) in [6.07, 6.45) is -0.156. The van der Waals surface area contributed by atoms with Crippen LogP contribution in [0.2, 0.25) is 0 Å². The van der Waals surface area contributed by atoms with Gasteiger partial charge in [0.1, 0.15) is 5.76 Å². The van der Waals surface area contributed by atoms with E-state index in [1.54, 1.807) is 12.3 Å². The van der Waals surface area contributed by atoms with E-state index in [2.05, 4.69) is 47.2 Å². The van der Waals surface area contributed by atoms with E-state index >= 15 is 0 Å². The fourth-order valence-electron chi connectivity index (χ4n) is 4.48. The number of furan rings is 1. The predicted octanol–water partition coefficient (Wildman–Crippen LogP) is 4.10. The van der Waals surface area contributed by atoms with Crippen molar-refractivity contribution in [3.05, 3.63) is 59.5 Å². The highest BCUT2D eigenvalue weighted by Crippen LogP contribution is 2.41. The quantitative estimate of drug-likeness (QED) is 0.778. The van der Waals surface area contributed by atoms with Crippen LogP contribution in [0.15, 0.2) is 47.1 Å². The number of carbonyl (C=O) groups excluding carboxylic acids is 1. The Morgan fingerprint density at radius 2 is 1.84 bits per heavy atom. The molecule has 2 saturated heterocycles. The molecule has 0 radical (unpaired) electrons. The molecule has 0 saturated carbocycles. The molecular formula is C22H25F3N2O4. The Kier molecular flexibility index (Phi) is 6.74. The first-order valence-corrected chi connectivity index (χ1v) is 10.0.